The highest BCUT2D eigenvalue weighted by atomic mass is 16.5. The van der Waals surface area contributed by atoms with E-state index in [0.717, 1.165) is 5.56 Å². The normalized spacial score (nSPS) is 13.1. The van der Waals surface area contributed by atoms with Crippen LogP contribution >= 0.6 is 0 Å². The molecular weight excluding hydrogens is 322 g/mol. The molecular formula is C18H29N3O4. The van der Waals surface area contributed by atoms with Gasteiger partial charge in [0.15, 0.2) is 0 Å². The maximum Gasteiger partial charge on any atom is 0.321 e. The standard InChI is InChI=1S/C18H29N3O4/c1-11(2)10-19-18(23)21-17(22)13(4)20-12(3)15-9-14(24-5)7-8-16(15)25-6/h7-9,11-13,20H,10H2,1-6H3,(H2,19,21,22,23). The Bertz CT molecular complexity index is 590. The molecule has 0 aliphatic carbocycles. The minimum absolute atomic E-state index is 0.176. The van der Waals surface area contributed by atoms with Gasteiger partial charge >= 0.3 is 6.03 Å². The Labute approximate surface area is 149 Å². The van der Waals surface area contributed by atoms with E-state index in [1.807, 2.05) is 39.0 Å². The number of nitrogens with one attached hydrogen (secondary N) is 3. The van der Waals surface area contributed by atoms with Crippen molar-refractivity contribution in [2.45, 2.75) is 39.8 Å². The summed E-state index contributed by atoms with van der Waals surface area (Å²) < 4.78 is 10.6. The Morgan fingerprint density at radius 2 is 1.76 bits per heavy atom. The summed E-state index contributed by atoms with van der Waals surface area (Å²) in [6, 6.07) is 4.26. The second-order valence-corrected chi connectivity index (χ2v) is 6.31. The highest BCUT2D eigenvalue weighted by molar-refractivity contribution is 5.96. The minimum atomic E-state index is -0.560. The molecule has 0 fully saturated rings. The van der Waals surface area contributed by atoms with Gasteiger partial charge in [-0.25, -0.2) is 4.79 Å². The van der Waals surface area contributed by atoms with Gasteiger partial charge in [-0.2, -0.15) is 0 Å². The summed E-state index contributed by atoms with van der Waals surface area (Å²) in [5, 5.41) is 8.15. The fourth-order valence-corrected chi connectivity index (χ4v) is 2.28. The fourth-order valence-electron chi connectivity index (χ4n) is 2.28. The van der Waals surface area contributed by atoms with Crippen molar-refractivity contribution in [1.29, 1.82) is 0 Å². The predicted molar refractivity (Wildman–Crippen MR) is 96.9 cm³/mol. The van der Waals surface area contributed by atoms with E-state index in [4.69, 9.17) is 9.47 Å². The Morgan fingerprint density at radius 3 is 2.32 bits per heavy atom. The van der Waals surface area contributed by atoms with E-state index in [1.165, 1.54) is 0 Å². The molecule has 0 saturated carbocycles. The number of amides is 3. The molecule has 0 spiro atoms. The Morgan fingerprint density at radius 1 is 1.08 bits per heavy atom. The van der Waals surface area contributed by atoms with Crippen molar-refractivity contribution in [2.75, 3.05) is 20.8 Å². The van der Waals surface area contributed by atoms with E-state index >= 15 is 0 Å². The smallest absolute Gasteiger partial charge is 0.321 e. The largest absolute Gasteiger partial charge is 0.497 e. The summed E-state index contributed by atoms with van der Waals surface area (Å²) in [4.78, 5) is 23.8. The molecule has 0 saturated heterocycles. The summed E-state index contributed by atoms with van der Waals surface area (Å²) in [6.07, 6.45) is 0. The van der Waals surface area contributed by atoms with Gasteiger partial charge in [-0.1, -0.05) is 13.8 Å². The van der Waals surface area contributed by atoms with Gasteiger partial charge in [-0.15, -0.1) is 0 Å². The zero-order valence-corrected chi connectivity index (χ0v) is 15.8. The molecule has 1 aromatic rings. The van der Waals surface area contributed by atoms with Crippen LogP contribution in [0.4, 0.5) is 4.79 Å². The highest BCUT2D eigenvalue weighted by Crippen LogP contribution is 2.29. The average molecular weight is 351 g/mol. The quantitative estimate of drug-likeness (QED) is 0.668. The summed E-state index contributed by atoms with van der Waals surface area (Å²) in [7, 11) is 3.18. The lowest BCUT2D eigenvalue weighted by atomic mass is 10.1. The number of ether oxygens (including phenoxy) is 2. The molecule has 0 radical (unpaired) electrons. The SMILES string of the molecule is COc1ccc(OC)c(C(C)NC(C)C(=O)NC(=O)NCC(C)C)c1. The maximum atomic E-state index is 12.2. The van der Waals surface area contributed by atoms with Gasteiger partial charge in [-0.3, -0.25) is 15.4 Å². The van der Waals surface area contributed by atoms with Crippen molar-refractivity contribution in [3.8, 4) is 11.5 Å². The van der Waals surface area contributed by atoms with E-state index in [2.05, 4.69) is 16.0 Å². The third-order valence-electron chi connectivity index (χ3n) is 3.70. The summed E-state index contributed by atoms with van der Waals surface area (Å²) in [5.41, 5.74) is 0.866. The zero-order chi connectivity index (χ0) is 19.0. The molecule has 0 aromatic heterocycles. The molecule has 25 heavy (non-hydrogen) atoms. The molecule has 7 nitrogen and oxygen atoms in total. The number of carbonyl (C=O) groups excluding carboxylic acids is 2. The zero-order valence-electron chi connectivity index (χ0n) is 15.8. The molecule has 3 amide bonds. The van der Waals surface area contributed by atoms with Crippen LogP contribution in [0.3, 0.4) is 0 Å². The van der Waals surface area contributed by atoms with Gasteiger partial charge in [0.2, 0.25) is 5.91 Å². The minimum Gasteiger partial charge on any atom is -0.497 e. The predicted octanol–water partition coefficient (Wildman–Crippen LogP) is 2.22. The molecule has 2 atom stereocenters. The molecule has 0 aliphatic rings. The summed E-state index contributed by atoms with van der Waals surface area (Å²) >= 11 is 0. The van der Waals surface area contributed by atoms with Crippen molar-refractivity contribution >= 4 is 11.9 Å². The van der Waals surface area contributed by atoms with Gasteiger partial charge in [0.05, 0.1) is 20.3 Å². The van der Waals surface area contributed by atoms with Crippen LogP contribution in [0.15, 0.2) is 18.2 Å². The van der Waals surface area contributed by atoms with E-state index in [0.29, 0.717) is 24.0 Å². The molecule has 7 heteroatoms. The van der Waals surface area contributed by atoms with E-state index in [1.54, 1.807) is 21.1 Å². The molecule has 140 valence electrons. The lowest BCUT2D eigenvalue weighted by molar-refractivity contribution is -0.121. The first-order valence-corrected chi connectivity index (χ1v) is 8.35. The number of carbonyl (C=O) groups is 2. The molecule has 1 rings (SSSR count). The second-order valence-electron chi connectivity index (χ2n) is 6.31. The lowest BCUT2D eigenvalue weighted by Gasteiger charge is -2.22. The van der Waals surface area contributed by atoms with Crippen LogP contribution in [0, 0.1) is 5.92 Å². The molecule has 0 bridgehead atoms. The van der Waals surface area contributed by atoms with Gasteiger partial charge in [0, 0.05) is 18.2 Å². The number of urea groups is 1. The summed E-state index contributed by atoms with van der Waals surface area (Å²) in [6.45, 7) is 8.09. The number of benzene rings is 1. The van der Waals surface area contributed by atoms with Crippen LogP contribution in [0.2, 0.25) is 0 Å². The Hall–Kier alpha value is -2.28. The lowest BCUT2D eigenvalue weighted by Crippen LogP contribution is -2.49. The first-order chi connectivity index (χ1) is 11.8. The Balaban J connectivity index is 2.68. The van der Waals surface area contributed by atoms with Crippen LogP contribution in [-0.4, -0.2) is 38.7 Å². The van der Waals surface area contributed by atoms with Crippen LogP contribution in [-0.2, 0) is 4.79 Å². The first kappa shape index (κ1) is 20.8. The molecule has 0 heterocycles. The number of methoxy groups -OCH3 is 2. The third kappa shape index (κ3) is 6.62. The van der Waals surface area contributed by atoms with Crippen LogP contribution in [0.1, 0.15) is 39.3 Å². The van der Waals surface area contributed by atoms with Crippen molar-refractivity contribution in [1.82, 2.24) is 16.0 Å². The second kappa shape index (κ2) is 9.88. The van der Waals surface area contributed by atoms with Crippen LogP contribution < -0.4 is 25.4 Å². The van der Waals surface area contributed by atoms with Crippen molar-refractivity contribution in [3.05, 3.63) is 23.8 Å². The van der Waals surface area contributed by atoms with E-state index < -0.39 is 18.0 Å². The van der Waals surface area contributed by atoms with Gasteiger partial charge in [0.1, 0.15) is 11.5 Å². The monoisotopic (exact) mass is 351 g/mol. The summed E-state index contributed by atoms with van der Waals surface area (Å²) in [5.74, 6) is 1.32. The van der Waals surface area contributed by atoms with Crippen molar-refractivity contribution in [3.63, 3.8) is 0 Å². The van der Waals surface area contributed by atoms with Crippen LogP contribution in [0.5, 0.6) is 11.5 Å². The average Bonchev–Trinajstić information content (AvgIpc) is 2.58. The number of imide groups is 1. The van der Waals surface area contributed by atoms with Crippen LogP contribution in [0.25, 0.3) is 0 Å². The first-order valence-electron chi connectivity index (χ1n) is 8.35. The number of hydrogen-bond acceptors (Lipinski definition) is 5. The highest BCUT2D eigenvalue weighted by Gasteiger charge is 2.20. The van der Waals surface area contributed by atoms with Gasteiger partial charge in [-0.05, 0) is 38.0 Å². The fraction of sp³-hybridized carbons (Fsp3) is 0.556. The van der Waals surface area contributed by atoms with Gasteiger partial charge < -0.3 is 14.8 Å². The van der Waals surface area contributed by atoms with Crippen molar-refractivity contribution < 1.29 is 19.1 Å². The number of rotatable bonds is 8. The molecule has 1 aromatic carbocycles. The topological polar surface area (TPSA) is 88.7 Å². The number of hydrogen-bond donors (Lipinski definition) is 3. The Kier molecular flexibility index (Phi) is 8.21. The van der Waals surface area contributed by atoms with E-state index in [-0.39, 0.29) is 6.04 Å². The third-order valence-corrected chi connectivity index (χ3v) is 3.70. The molecule has 2 unspecified atom stereocenters. The van der Waals surface area contributed by atoms with Gasteiger partial charge in [0.25, 0.3) is 0 Å². The molecule has 3 N–H and O–H groups in total. The van der Waals surface area contributed by atoms with Crippen molar-refractivity contribution in [2.24, 2.45) is 5.92 Å². The van der Waals surface area contributed by atoms with E-state index in [9.17, 15) is 9.59 Å². The maximum absolute atomic E-state index is 12.2. The molecule has 0 aliphatic heterocycles.